The van der Waals surface area contributed by atoms with Crippen LogP contribution in [0.3, 0.4) is 0 Å². The Bertz CT molecular complexity index is 488. The number of aliphatic hydroxyl groups excluding tert-OH is 2. The summed E-state index contributed by atoms with van der Waals surface area (Å²) in [5, 5.41) is 30.0. The third-order valence-corrected chi connectivity index (χ3v) is 2.49. The maximum atomic E-state index is 11.1. The zero-order valence-corrected chi connectivity index (χ0v) is 10.3. The molecule has 2 N–H and O–H groups in total. The highest BCUT2D eigenvalue weighted by atomic mass is 16.6. The lowest BCUT2D eigenvalue weighted by Gasteiger charge is -2.18. The third kappa shape index (κ3) is 3.18. The first-order valence-corrected chi connectivity index (χ1v) is 5.18. The Morgan fingerprint density at radius 1 is 1.37 bits per heavy atom. The second-order valence-corrected chi connectivity index (χ2v) is 3.60. The van der Waals surface area contributed by atoms with Gasteiger partial charge in [-0.15, -0.1) is 0 Å². The van der Waals surface area contributed by atoms with Gasteiger partial charge in [0.05, 0.1) is 25.2 Å². The van der Waals surface area contributed by atoms with Crippen LogP contribution in [0, 0.1) is 10.1 Å². The van der Waals surface area contributed by atoms with Crippen molar-refractivity contribution in [1.82, 2.24) is 0 Å². The summed E-state index contributed by atoms with van der Waals surface area (Å²) in [5.74, 6) is -1.03. The quantitative estimate of drug-likeness (QED) is 0.445. The Hall–Kier alpha value is -2.19. The van der Waals surface area contributed by atoms with Crippen LogP contribution in [0.15, 0.2) is 18.2 Å². The monoisotopic (exact) mass is 271 g/mol. The summed E-state index contributed by atoms with van der Waals surface area (Å²) in [4.78, 5) is 21.1. The van der Waals surface area contributed by atoms with Crippen LogP contribution in [0.1, 0.15) is 11.7 Å². The Labute approximate surface area is 108 Å². The molecule has 2 atom stereocenters. The van der Waals surface area contributed by atoms with Gasteiger partial charge in [0.2, 0.25) is 0 Å². The van der Waals surface area contributed by atoms with E-state index in [0.717, 1.165) is 19.2 Å². The number of aliphatic hydroxyl groups is 2. The molecule has 0 aliphatic rings. The molecule has 104 valence electrons. The molecule has 8 heteroatoms. The van der Waals surface area contributed by atoms with Crippen molar-refractivity contribution in [3.05, 3.63) is 33.9 Å². The standard InChI is InChI=1S/C11H13NO7/c1-18-8-5-6(12(16)17)3-4-7(8)9(13)10(14)11(15)19-2/h3-5,9-10,13-14H,1-2H3. The molecule has 1 aromatic rings. The van der Waals surface area contributed by atoms with Crippen LogP contribution in [-0.2, 0) is 9.53 Å². The first-order chi connectivity index (χ1) is 8.92. The molecule has 0 amide bonds. The number of hydrogen-bond donors (Lipinski definition) is 2. The number of non-ortho nitro benzene ring substituents is 1. The van der Waals surface area contributed by atoms with Crippen LogP contribution >= 0.6 is 0 Å². The molecule has 0 bridgehead atoms. The van der Waals surface area contributed by atoms with E-state index in [-0.39, 0.29) is 17.0 Å². The Morgan fingerprint density at radius 3 is 2.47 bits per heavy atom. The molecule has 0 saturated carbocycles. The van der Waals surface area contributed by atoms with Gasteiger partial charge in [-0.2, -0.15) is 0 Å². The fourth-order valence-corrected chi connectivity index (χ4v) is 1.48. The summed E-state index contributed by atoms with van der Waals surface area (Å²) < 4.78 is 9.19. The lowest BCUT2D eigenvalue weighted by molar-refractivity contribution is -0.385. The van der Waals surface area contributed by atoms with Crippen molar-refractivity contribution in [3.8, 4) is 5.75 Å². The smallest absolute Gasteiger partial charge is 0.337 e. The minimum Gasteiger partial charge on any atom is -0.496 e. The molecule has 0 saturated heterocycles. The second kappa shape index (κ2) is 6.12. The zero-order valence-electron chi connectivity index (χ0n) is 10.3. The predicted octanol–water partition coefficient (Wildman–Crippen LogP) is 0.171. The summed E-state index contributed by atoms with van der Waals surface area (Å²) in [5.41, 5.74) is -0.189. The van der Waals surface area contributed by atoms with Crippen molar-refractivity contribution in [3.63, 3.8) is 0 Å². The Morgan fingerprint density at radius 2 is 2.00 bits per heavy atom. The van der Waals surface area contributed by atoms with Crippen molar-refractivity contribution in [2.24, 2.45) is 0 Å². The molecule has 1 aromatic carbocycles. The average molecular weight is 271 g/mol. The maximum Gasteiger partial charge on any atom is 0.337 e. The summed E-state index contributed by atoms with van der Waals surface area (Å²) >= 11 is 0. The summed E-state index contributed by atoms with van der Waals surface area (Å²) in [6.45, 7) is 0. The minimum absolute atomic E-state index is 0.00958. The SMILES string of the molecule is COC(=O)C(O)C(O)c1ccc([N+](=O)[O-])cc1OC. The Balaban J connectivity index is 3.12. The number of benzene rings is 1. The van der Waals surface area contributed by atoms with Gasteiger partial charge in [0.25, 0.3) is 5.69 Å². The van der Waals surface area contributed by atoms with Crippen LogP contribution in [0.2, 0.25) is 0 Å². The van der Waals surface area contributed by atoms with Gasteiger partial charge in [-0.05, 0) is 6.07 Å². The molecule has 0 radical (unpaired) electrons. The number of hydrogen-bond acceptors (Lipinski definition) is 7. The van der Waals surface area contributed by atoms with E-state index >= 15 is 0 Å². The summed E-state index contributed by atoms with van der Waals surface area (Å²) in [7, 11) is 2.31. The van der Waals surface area contributed by atoms with E-state index in [1.54, 1.807) is 0 Å². The molecule has 0 spiro atoms. The van der Waals surface area contributed by atoms with Gasteiger partial charge in [-0.25, -0.2) is 4.79 Å². The van der Waals surface area contributed by atoms with E-state index in [1.165, 1.54) is 13.2 Å². The molecule has 0 aliphatic carbocycles. The van der Waals surface area contributed by atoms with Crippen LogP contribution in [-0.4, -0.2) is 41.4 Å². The maximum absolute atomic E-state index is 11.1. The fourth-order valence-electron chi connectivity index (χ4n) is 1.48. The van der Waals surface area contributed by atoms with Gasteiger partial charge in [-0.3, -0.25) is 10.1 Å². The normalized spacial score (nSPS) is 13.5. The van der Waals surface area contributed by atoms with E-state index in [9.17, 15) is 25.1 Å². The molecule has 2 unspecified atom stereocenters. The number of esters is 1. The molecular formula is C11H13NO7. The van der Waals surface area contributed by atoms with E-state index in [4.69, 9.17) is 4.74 Å². The minimum atomic E-state index is -1.81. The molecule has 19 heavy (non-hydrogen) atoms. The second-order valence-electron chi connectivity index (χ2n) is 3.60. The van der Waals surface area contributed by atoms with Crippen molar-refractivity contribution in [2.75, 3.05) is 14.2 Å². The lowest BCUT2D eigenvalue weighted by Crippen LogP contribution is -2.29. The number of nitrogens with zero attached hydrogens (tertiary/aromatic N) is 1. The van der Waals surface area contributed by atoms with Crippen LogP contribution in [0.4, 0.5) is 5.69 Å². The van der Waals surface area contributed by atoms with E-state index in [2.05, 4.69) is 4.74 Å². The zero-order chi connectivity index (χ0) is 14.6. The molecule has 0 aromatic heterocycles. The van der Waals surface area contributed by atoms with Crippen LogP contribution < -0.4 is 4.74 Å². The number of carbonyl (C=O) groups is 1. The van der Waals surface area contributed by atoms with Gasteiger partial charge >= 0.3 is 5.97 Å². The third-order valence-electron chi connectivity index (χ3n) is 2.49. The Kier molecular flexibility index (Phi) is 4.79. The van der Waals surface area contributed by atoms with Gasteiger partial charge in [0.1, 0.15) is 11.9 Å². The van der Waals surface area contributed by atoms with E-state index < -0.39 is 23.1 Å². The molecular weight excluding hydrogens is 258 g/mol. The number of carbonyl (C=O) groups excluding carboxylic acids is 1. The van der Waals surface area contributed by atoms with Crippen molar-refractivity contribution in [2.45, 2.75) is 12.2 Å². The van der Waals surface area contributed by atoms with Crippen molar-refractivity contribution in [1.29, 1.82) is 0 Å². The first-order valence-electron chi connectivity index (χ1n) is 5.18. The topological polar surface area (TPSA) is 119 Å². The largest absolute Gasteiger partial charge is 0.496 e. The highest BCUT2D eigenvalue weighted by Crippen LogP contribution is 2.31. The molecule has 0 fully saturated rings. The highest BCUT2D eigenvalue weighted by molar-refractivity contribution is 5.75. The van der Waals surface area contributed by atoms with Crippen LogP contribution in [0.5, 0.6) is 5.75 Å². The van der Waals surface area contributed by atoms with Gasteiger partial charge < -0.3 is 19.7 Å². The summed E-state index contributed by atoms with van der Waals surface area (Å²) in [6.07, 6.45) is -3.41. The average Bonchev–Trinajstić information content (AvgIpc) is 2.43. The number of nitro groups is 1. The van der Waals surface area contributed by atoms with Gasteiger partial charge in [0.15, 0.2) is 6.10 Å². The number of ether oxygens (including phenoxy) is 2. The molecule has 0 aliphatic heterocycles. The number of methoxy groups -OCH3 is 2. The number of rotatable bonds is 5. The first kappa shape index (κ1) is 14.9. The van der Waals surface area contributed by atoms with Crippen LogP contribution in [0.25, 0.3) is 0 Å². The van der Waals surface area contributed by atoms with Gasteiger partial charge in [0, 0.05) is 11.6 Å². The highest BCUT2D eigenvalue weighted by Gasteiger charge is 2.29. The fraction of sp³-hybridized carbons (Fsp3) is 0.364. The predicted molar refractivity (Wildman–Crippen MR) is 62.6 cm³/mol. The molecule has 0 heterocycles. The van der Waals surface area contributed by atoms with Crippen molar-refractivity contribution >= 4 is 11.7 Å². The van der Waals surface area contributed by atoms with Gasteiger partial charge in [-0.1, -0.05) is 0 Å². The molecule has 1 rings (SSSR count). The lowest BCUT2D eigenvalue weighted by atomic mass is 10.0. The van der Waals surface area contributed by atoms with Crippen molar-refractivity contribution < 1.29 is 29.4 Å². The van der Waals surface area contributed by atoms with E-state index in [0.29, 0.717) is 0 Å². The number of nitro benzene ring substituents is 1. The van der Waals surface area contributed by atoms with E-state index in [1.807, 2.05) is 0 Å². The molecule has 8 nitrogen and oxygen atoms in total. The summed E-state index contributed by atoms with van der Waals surface area (Å²) in [6, 6.07) is 3.42.